The van der Waals surface area contributed by atoms with Gasteiger partial charge in [-0.25, -0.2) is 5.32 Å². The molecule has 0 aliphatic heterocycles. The fourth-order valence-electron chi connectivity index (χ4n) is 0.481. The molecule has 0 aromatic carbocycles. The molecular formula is C6H11N2. The van der Waals surface area contributed by atoms with Crippen LogP contribution in [0.2, 0.25) is 0 Å². The lowest BCUT2D eigenvalue weighted by Crippen LogP contribution is -2.22. The van der Waals surface area contributed by atoms with Crippen LogP contribution in [0.3, 0.4) is 0 Å². The molecule has 2 nitrogen and oxygen atoms in total. The predicted octanol–water partition coefficient (Wildman–Crippen LogP) is 0.911. The summed E-state index contributed by atoms with van der Waals surface area (Å²) in [5, 5.41) is 12.3. The number of nitriles is 1. The minimum Gasteiger partial charge on any atom is -0.221 e. The van der Waals surface area contributed by atoms with Gasteiger partial charge < -0.3 is 0 Å². The summed E-state index contributed by atoms with van der Waals surface area (Å²) in [6, 6.07) is 2.17. The predicted molar refractivity (Wildman–Crippen MR) is 32.3 cm³/mol. The Labute approximate surface area is 50.5 Å². The quantitative estimate of drug-likeness (QED) is 0.522. The van der Waals surface area contributed by atoms with Gasteiger partial charge in [0.1, 0.15) is 6.04 Å². The SMILES string of the molecule is CC(C)[N]C(C)C#N. The molecule has 1 atom stereocenters. The Bertz CT molecular complexity index is 91.2. The van der Waals surface area contributed by atoms with Crippen LogP contribution in [0.4, 0.5) is 0 Å². The fraction of sp³-hybridized carbons (Fsp3) is 0.833. The molecule has 1 unspecified atom stereocenters. The molecule has 2 heteroatoms. The van der Waals surface area contributed by atoms with Gasteiger partial charge in [-0.05, 0) is 20.8 Å². The van der Waals surface area contributed by atoms with Gasteiger partial charge in [-0.2, -0.15) is 5.26 Å². The van der Waals surface area contributed by atoms with Crippen LogP contribution in [0.25, 0.3) is 0 Å². The van der Waals surface area contributed by atoms with Crippen molar-refractivity contribution in [2.75, 3.05) is 0 Å². The Balaban J connectivity index is 3.28. The molecule has 0 aromatic rings. The van der Waals surface area contributed by atoms with E-state index in [0.29, 0.717) is 0 Å². The van der Waals surface area contributed by atoms with Gasteiger partial charge >= 0.3 is 0 Å². The average molecular weight is 111 g/mol. The van der Waals surface area contributed by atoms with E-state index in [-0.39, 0.29) is 12.1 Å². The van der Waals surface area contributed by atoms with Gasteiger partial charge in [0.05, 0.1) is 6.07 Å². The van der Waals surface area contributed by atoms with Crippen molar-refractivity contribution in [1.29, 1.82) is 5.26 Å². The second kappa shape index (κ2) is 3.45. The van der Waals surface area contributed by atoms with Crippen molar-refractivity contribution in [2.24, 2.45) is 0 Å². The van der Waals surface area contributed by atoms with E-state index in [0.717, 1.165) is 0 Å². The zero-order valence-electron chi connectivity index (χ0n) is 5.55. The third kappa shape index (κ3) is 3.63. The third-order valence-corrected chi connectivity index (χ3v) is 0.709. The van der Waals surface area contributed by atoms with E-state index in [2.05, 4.69) is 5.32 Å². The van der Waals surface area contributed by atoms with Crippen LogP contribution >= 0.6 is 0 Å². The van der Waals surface area contributed by atoms with E-state index in [1.165, 1.54) is 0 Å². The second-order valence-corrected chi connectivity index (χ2v) is 2.05. The second-order valence-electron chi connectivity index (χ2n) is 2.05. The van der Waals surface area contributed by atoms with Gasteiger partial charge in [0.15, 0.2) is 0 Å². The Morgan fingerprint density at radius 2 is 1.88 bits per heavy atom. The first-order valence-electron chi connectivity index (χ1n) is 2.76. The molecule has 1 radical (unpaired) electrons. The molecule has 0 amide bonds. The Kier molecular flexibility index (Phi) is 3.21. The number of nitrogens with zero attached hydrogens (tertiary/aromatic N) is 2. The highest BCUT2D eigenvalue weighted by molar-refractivity contribution is 4.85. The Hall–Kier alpha value is -0.550. The minimum atomic E-state index is -0.144. The standard InChI is InChI=1S/C6H11N2/c1-5(2)8-6(3)4-7/h5-6H,1-3H3. The molecule has 0 N–H and O–H groups in total. The van der Waals surface area contributed by atoms with Crippen LogP contribution in [0.5, 0.6) is 0 Å². The van der Waals surface area contributed by atoms with E-state index >= 15 is 0 Å². The highest BCUT2D eigenvalue weighted by atomic mass is 14.9. The molecule has 8 heavy (non-hydrogen) atoms. The van der Waals surface area contributed by atoms with E-state index in [4.69, 9.17) is 5.26 Å². The van der Waals surface area contributed by atoms with Crippen molar-refractivity contribution < 1.29 is 0 Å². The lowest BCUT2D eigenvalue weighted by Gasteiger charge is -2.04. The normalized spacial score (nSPS) is 13.4. The monoisotopic (exact) mass is 111 g/mol. The van der Waals surface area contributed by atoms with E-state index in [1.54, 1.807) is 6.92 Å². The lowest BCUT2D eigenvalue weighted by atomic mass is 10.3. The number of hydrogen-bond donors (Lipinski definition) is 0. The van der Waals surface area contributed by atoms with Crippen molar-refractivity contribution in [1.82, 2.24) is 5.32 Å². The molecule has 0 rings (SSSR count). The molecule has 0 aromatic heterocycles. The van der Waals surface area contributed by atoms with Crippen LogP contribution in [-0.4, -0.2) is 12.1 Å². The topological polar surface area (TPSA) is 37.9 Å². The Morgan fingerprint density at radius 3 is 2.00 bits per heavy atom. The van der Waals surface area contributed by atoms with E-state index < -0.39 is 0 Å². The largest absolute Gasteiger partial charge is 0.221 e. The van der Waals surface area contributed by atoms with Crippen molar-refractivity contribution in [3.63, 3.8) is 0 Å². The van der Waals surface area contributed by atoms with Gasteiger partial charge in [-0.15, -0.1) is 0 Å². The zero-order valence-corrected chi connectivity index (χ0v) is 5.55. The first-order chi connectivity index (χ1) is 3.66. The minimum absolute atomic E-state index is 0.144. The maximum Gasteiger partial charge on any atom is 0.109 e. The van der Waals surface area contributed by atoms with Gasteiger partial charge in [0, 0.05) is 6.04 Å². The van der Waals surface area contributed by atoms with Gasteiger partial charge in [0.25, 0.3) is 0 Å². The summed E-state index contributed by atoms with van der Waals surface area (Å²) in [5.41, 5.74) is 0. The highest BCUT2D eigenvalue weighted by Crippen LogP contribution is 1.85. The first kappa shape index (κ1) is 7.45. The van der Waals surface area contributed by atoms with Crippen molar-refractivity contribution in [2.45, 2.75) is 32.9 Å². The summed E-state index contributed by atoms with van der Waals surface area (Å²) in [5.74, 6) is 0. The summed E-state index contributed by atoms with van der Waals surface area (Å²) < 4.78 is 0. The van der Waals surface area contributed by atoms with Gasteiger partial charge in [-0.1, -0.05) is 0 Å². The van der Waals surface area contributed by atoms with Crippen LogP contribution in [-0.2, 0) is 0 Å². The molecule has 0 saturated heterocycles. The van der Waals surface area contributed by atoms with Crippen LogP contribution < -0.4 is 5.32 Å². The van der Waals surface area contributed by atoms with Crippen LogP contribution in [0.15, 0.2) is 0 Å². The summed E-state index contributed by atoms with van der Waals surface area (Å²) in [6.07, 6.45) is 0. The van der Waals surface area contributed by atoms with Crippen LogP contribution in [0, 0.1) is 11.3 Å². The third-order valence-electron chi connectivity index (χ3n) is 0.709. The van der Waals surface area contributed by atoms with Gasteiger partial charge in [0.2, 0.25) is 0 Å². The van der Waals surface area contributed by atoms with E-state index in [1.807, 2.05) is 19.9 Å². The van der Waals surface area contributed by atoms with Crippen molar-refractivity contribution >= 4 is 0 Å². The van der Waals surface area contributed by atoms with Crippen molar-refractivity contribution in [3.8, 4) is 6.07 Å². The maximum absolute atomic E-state index is 8.24. The summed E-state index contributed by atoms with van der Waals surface area (Å²) in [7, 11) is 0. The molecule has 45 valence electrons. The molecule has 0 fully saturated rings. The summed E-state index contributed by atoms with van der Waals surface area (Å²) in [4.78, 5) is 0. The summed E-state index contributed by atoms with van der Waals surface area (Å²) >= 11 is 0. The molecule has 0 bridgehead atoms. The highest BCUT2D eigenvalue weighted by Gasteiger charge is 2.00. The van der Waals surface area contributed by atoms with E-state index in [9.17, 15) is 0 Å². The molecule has 0 aliphatic rings. The zero-order chi connectivity index (χ0) is 6.57. The average Bonchev–Trinajstić information content (AvgIpc) is 1.65. The molecule has 0 spiro atoms. The molecular weight excluding hydrogens is 100 g/mol. The fourth-order valence-corrected chi connectivity index (χ4v) is 0.481. The van der Waals surface area contributed by atoms with Gasteiger partial charge in [-0.3, -0.25) is 0 Å². The molecule has 0 saturated carbocycles. The number of rotatable bonds is 2. The lowest BCUT2D eigenvalue weighted by molar-refractivity contribution is 0.542. The maximum atomic E-state index is 8.24. The summed E-state index contributed by atoms with van der Waals surface area (Å²) in [6.45, 7) is 5.72. The van der Waals surface area contributed by atoms with Crippen molar-refractivity contribution in [3.05, 3.63) is 0 Å². The number of hydrogen-bond acceptors (Lipinski definition) is 1. The Morgan fingerprint density at radius 1 is 1.38 bits per heavy atom. The van der Waals surface area contributed by atoms with Crippen LogP contribution in [0.1, 0.15) is 20.8 Å². The molecule has 0 aliphatic carbocycles. The first-order valence-corrected chi connectivity index (χ1v) is 2.76. The smallest absolute Gasteiger partial charge is 0.109 e. The molecule has 0 heterocycles.